The Balaban J connectivity index is 1.92. The summed E-state index contributed by atoms with van der Waals surface area (Å²) in [5.41, 5.74) is 3.02. The monoisotopic (exact) mass is 331 g/mol. The minimum Gasteiger partial charge on any atom is -0.496 e. The van der Waals surface area contributed by atoms with E-state index in [9.17, 15) is 4.79 Å². The molecule has 24 heavy (non-hydrogen) atoms. The first-order valence-corrected chi connectivity index (χ1v) is 8.84. The van der Waals surface area contributed by atoms with E-state index in [0.717, 1.165) is 17.7 Å². The van der Waals surface area contributed by atoms with Gasteiger partial charge in [0.1, 0.15) is 5.75 Å². The largest absolute Gasteiger partial charge is 0.496 e. The Bertz CT molecular complexity index is 578. The molecule has 0 aromatic heterocycles. The van der Waals surface area contributed by atoms with Crippen molar-refractivity contribution in [1.29, 1.82) is 0 Å². The van der Waals surface area contributed by atoms with Crippen LogP contribution in [0.15, 0.2) is 29.8 Å². The van der Waals surface area contributed by atoms with E-state index < -0.39 is 0 Å². The Morgan fingerprint density at radius 2 is 2.12 bits per heavy atom. The topological polar surface area (TPSA) is 47.6 Å². The minimum atomic E-state index is -0.0418. The molecule has 132 valence electrons. The summed E-state index contributed by atoms with van der Waals surface area (Å²) in [5.74, 6) is 0.708. The Morgan fingerprint density at radius 1 is 1.29 bits per heavy atom. The number of ether oxygens (including phenoxy) is 2. The van der Waals surface area contributed by atoms with Crippen LogP contribution < -0.4 is 10.1 Å². The lowest BCUT2D eigenvalue weighted by molar-refractivity contribution is 0.0644. The van der Waals surface area contributed by atoms with Gasteiger partial charge in [0.25, 0.3) is 5.91 Å². The zero-order valence-electron chi connectivity index (χ0n) is 15.1. The fourth-order valence-electron chi connectivity index (χ4n) is 2.86. The van der Waals surface area contributed by atoms with Gasteiger partial charge in [-0.05, 0) is 64.2 Å². The van der Waals surface area contributed by atoms with Gasteiger partial charge in [0.2, 0.25) is 0 Å². The average Bonchev–Trinajstić information content (AvgIpc) is 2.60. The van der Waals surface area contributed by atoms with Gasteiger partial charge in [-0.15, -0.1) is 0 Å². The number of hydrogen-bond donors (Lipinski definition) is 1. The van der Waals surface area contributed by atoms with Crippen LogP contribution in [0.3, 0.4) is 0 Å². The number of rotatable bonds is 8. The molecule has 0 radical (unpaired) electrons. The lowest BCUT2D eigenvalue weighted by atomic mass is 9.97. The van der Waals surface area contributed by atoms with Crippen molar-refractivity contribution < 1.29 is 14.3 Å². The quantitative estimate of drug-likeness (QED) is 0.725. The predicted octanol–water partition coefficient (Wildman–Crippen LogP) is 4.24. The number of allylic oxidation sites excluding steroid dienone is 1. The van der Waals surface area contributed by atoms with Crippen molar-refractivity contribution in [3.05, 3.63) is 41.0 Å². The Kier molecular flexibility index (Phi) is 7.32. The highest BCUT2D eigenvalue weighted by molar-refractivity contribution is 5.94. The first-order valence-electron chi connectivity index (χ1n) is 8.84. The molecule has 4 nitrogen and oxygen atoms in total. The van der Waals surface area contributed by atoms with Crippen molar-refractivity contribution in [3.8, 4) is 5.75 Å². The van der Waals surface area contributed by atoms with Gasteiger partial charge in [0.05, 0.1) is 19.8 Å². The second-order valence-electron chi connectivity index (χ2n) is 6.50. The molecule has 0 heterocycles. The molecule has 0 spiro atoms. The van der Waals surface area contributed by atoms with Gasteiger partial charge in [-0.2, -0.15) is 0 Å². The maximum Gasteiger partial charge on any atom is 0.251 e. The molecule has 2 rings (SSSR count). The number of methoxy groups -OCH3 is 1. The molecule has 0 saturated heterocycles. The van der Waals surface area contributed by atoms with Gasteiger partial charge in [-0.3, -0.25) is 4.79 Å². The fourth-order valence-corrected chi connectivity index (χ4v) is 2.86. The summed E-state index contributed by atoms with van der Waals surface area (Å²) in [6.45, 7) is 5.11. The van der Waals surface area contributed by atoms with Crippen LogP contribution >= 0.6 is 0 Å². The van der Waals surface area contributed by atoms with Crippen LogP contribution in [-0.2, 0) is 11.3 Å². The van der Waals surface area contributed by atoms with Crippen molar-refractivity contribution >= 4 is 5.91 Å². The van der Waals surface area contributed by atoms with Crippen molar-refractivity contribution in [2.45, 2.75) is 58.7 Å². The average molecular weight is 331 g/mol. The summed E-state index contributed by atoms with van der Waals surface area (Å²) in [6.07, 6.45) is 8.34. The van der Waals surface area contributed by atoms with Crippen LogP contribution in [0, 0.1) is 0 Å². The molecule has 1 amide bonds. The van der Waals surface area contributed by atoms with Gasteiger partial charge >= 0.3 is 0 Å². The van der Waals surface area contributed by atoms with Crippen LogP contribution in [0.1, 0.15) is 61.9 Å². The molecule has 0 bridgehead atoms. The lowest BCUT2D eigenvalue weighted by Gasteiger charge is -2.14. The number of amides is 1. The second kappa shape index (κ2) is 9.48. The van der Waals surface area contributed by atoms with Gasteiger partial charge in [0.15, 0.2) is 0 Å². The van der Waals surface area contributed by atoms with Gasteiger partial charge < -0.3 is 14.8 Å². The number of benzene rings is 1. The molecule has 1 aromatic carbocycles. The van der Waals surface area contributed by atoms with Crippen LogP contribution in [0.4, 0.5) is 0 Å². The summed E-state index contributed by atoms with van der Waals surface area (Å²) >= 11 is 0. The molecule has 0 fully saturated rings. The summed E-state index contributed by atoms with van der Waals surface area (Å²) in [6, 6.07) is 5.49. The summed E-state index contributed by atoms with van der Waals surface area (Å²) in [7, 11) is 1.63. The molecule has 0 atom stereocenters. The second-order valence-corrected chi connectivity index (χ2v) is 6.50. The standard InChI is InChI=1S/C20H29NO3/c1-15(2)24-14-18-13-17(9-10-19(18)23-3)20(22)21-12-11-16-7-5-4-6-8-16/h7,9-10,13,15H,4-6,8,11-12,14H2,1-3H3,(H,21,22). The van der Waals surface area contributed by atoms with E-state index >= 15 is 0 Å². The Hall–Kier alpha value is -1.81. The molecule has 4 heteroatoms. The third-order valence-electron chi connectivity index (χ3n) is 4.23. The van der Waals surface area contributed by atoms with Gasteiger partial charge in [-0.25, -0.2) is 0 Å². The summed E-state index contributed by atoms with van der Waals surface area (Å²) in [4.78, 5) is 12.4. The van der Waals surface area contributed by atoms with Crippen LogP contribution in [0.5, 0.6) is 5.75 Å². The van der Waals surface area contributed by atoms with E-state index in [1.165, 1.54) is 31.3 Å². The molecule has 1 aliphatic carbocycles. The third-order valence-corrected chi connectivity index (χ3v) is 4.23. The van der Waals surface area contributed by atoms with E-state index in [1.54, 1.807) is 13.2 Å². The first kappa shape index (κ1) is 18.5. The highest BCUT2D eigenvalue weighted by Gasteiger charge is 2.11. The van der Waals surface area contributed by atoms with Gasteiger partial charge in [0, 0.05) is 17.7 Å². The van der Waals surface area contributed by atoms with E-state index in [4.69, 9.17) is 9.47 Å². The van der Waals surface area contributed by atoms with Crippen molar-refractivity contribution in [2.75, 3.05) is 13.7 Å². The van der Waals surface area contributed by atoms with E-state index in [2.05, 4.69) is 11.4 Å². The smallest absolute Gasteiger partial charge is 0.251 e. The summed E-state index contributed by atoms with van der Waals surface area (Å²) in [5, 5.41) is 3.01. The van der Waals surface area contributed by atoms with E-state index in [-0.39, 0.29) is 12.0 Å². The maximum absolute atomic E-state index is 12.4. The zero-order valence-corrected chi connectivity index (χ0v) is 15.1. The zero-order chi connectivity index (χ0) is 17.4. The molecule has 0 aliphatic heterocycles. The van der Waals surface area contributed by atoms with Crippen molar-refractivity contribution in [1.82, 2.24) is 5.32 Å². The third kappa shape index (κ3) is 5.68. The van der Waals surface area contributed by atoms with Crippen LogP contribution in [-0.4, -0.2) is 25.7 Å². The fraction of sp³-hybridized carbons (Fsp3) is 0.550. The van der Waals surface area contributed by atoms with Crippen molar-refractivity contribution in [3.63, 3.8) is 0 Å². The first-order chi connectivity index (χ1) is 11.6. The van der Waals surface area contributed by atoms with Gasteiger partial charge in [-0.1, -0.05) is 11.6 Å². The number of nitrogens with one attached hydrogen (secondary N) is 1. The SMILES string of the molecule is COc1ccc(C(=O)NCCC2=CCCCC2)cc1COC(C)C. The summed E-state index contributed by atoms with van der Waals surface area (Å²) < 4.78 is 11.0. The molecular formula is C20H29NO3. The molecule has 1 N–H and O–H groups in total. The predicted molar refractivity (Wildman–Crippen MR) is 96.4 cm³/mol. The Morgan fingerprint density at radius 3 is 2.79 bits per heavy atom. The normalized spacial score (nSPS) is 14.4. The Labute approximate surface area is 145 Å². The van der Waals surface area contributed by atoms with Crippen LogP contribution in [0.2, 0.25) is 0 Å². The maximum atomic E-state index is 12.4. The number of carbonyl (C=O) groups is 1. The molecule has 0 saturated carbocycles. The van der Waals surface area contributed by atoms with E-state index in [1.807, 2.05) is 26.0 Å². The van der Waals surface area contributed by atoms with Crippen LogP contribution in [0.25, 0.3) is 0 Å². The lowest BCUT2D eigenvalue weighted by Crippen LogP contribution is -2.25. The number of carbonyl (C=O) groups excluding carboxylic acids is 1. The molecular weight excluding hydrogens is 302 g/mol. The highest BCUT2D eigenvalue weighted by atomic mass is 16.5. The molecule has 1 aromatic rings. The molecule has 0 unspecified atom stereocenters. The van der Waals surface area contributed by atoms with E-state index in [0.29, 0.717) is 18.7 Å². The highest BCUT2D eigenvalue weighted by Crippen LogP contribution is 2.22. The molecule has 1 aliphatic rings. The number of hydrogen-bond acceptors (Lipinski definition) is 3. The minimum absolute atomic E-state index is 0.0418. The van der Waals surface area contributed by atoms with Crippen molar-refractivity contribution in [2.24, 2.45) is 0 Å².